The minimum absolute atomic E-state index is 0.126. The Bertz CT molecular complexity index is 1290. The number of sulfonamides is 1. The number of carbonyl (C=O) groups is 1. The van der Waals surface area contributed by atoms with Gasteiger partial charge in [-0.15, -0.1) is 0 Å². The van der Waals surface area contributed by atoms with Crippen LogP contribution in [-0.4, -0.2) is 59.7 Å². The SMILES string of the molecule is CC(C)n1ncc2c(C(=O)Nc3ccc(S(=O)(=O)N4CCOCC4)cc3)cc(C3CC3)nc21. The van der Waals surface area contributed by atoms with Gasteiger partial charge in [-0.2, -0.15) is 9.40 Å². The minimum atomic E-state index is -3.58. The van der Waals surface area contributed by atoms with Crippen LogP contribution in [0, 0.1) is 0 Å². The van der Waals surface area contributed by atoms with Crippen LogP contribution in [0.5, 0.6) is 0 Å². The fourth-order valence-corrected chi connectivity index (χ4v) is 5.44. The zero-order valence-corrected chi connectivity index (χ0v) is 19.5. The number of nitrogens with one attached hydrogen (secondary N) is 1. The van der Waals surface area contributed by atoms with Crippen LogP contribution < -0.4 is 5.32 Å². The average molecular weight is 470 g/mol. The van der Waals surface area contributed by atoms with Crippen LogP contribution in [0.1, 0.15) is 54.7 Å². The molecule has 0 atom stereocenters. The van der Waals surface area contributed by atoms with Crippen molar-refractivity contribution in [3.8, 4) is 0 Å². The maximum atomic E-state index is 13.2. The molecule has 2 aromatic heterocycles. The number of fused-ring (bicyclic) bond motifs is 1. The van der Waals surface area contributed by atoms with Gasteiger partial charge < -0.3 is 10.1 Å². The van der Waals surface area contributed by atoms with E-state index in [-0.39, 0.29) is 16.8 Å². The predicted molar refractivity (Wildman–Crippen MR) is 124 cm³/mol. The van der Waals surface area contributed by atoms with E-state index >= 15 is 0 Å². The highest BCUT2D eigenvalue weighted by Crippen LogP contribution is 2.40. The molecule has 174 valence electrons. The number of pyridine rings is 1. The van der Waals surface area contributed by atoms with E-state index in [9.17, 15) is 13.2 Å². The molecule has 0 radical (unpaired) electrons. The maximum absolute atomic E-state index is 13.2. The Morgan fingerprint density at radius 1 is 1.15 bits per heavy atom. The summed E-state index contributed by atoms with van der Waals surface area (Å²) in [6, 6.07) is 8.26. The summed E-state index contributed by atoms with van der Waals surface area (Å²) >= 11 is 0. The third-order valence-electron chi connectivity index (χ3n) is 6.04. The van der Waals surface area contributed by atoms with E-state index in [1.54, 1.807) is 18.3 Å². The topological polar surface area (TPSA) is 106 Å². The molecule has 1 amide bonds. The van der Waals surface area contributed by atoms with Gasteiger partial charge in [-0.3, -0.25) is 4.79 Å². The van der Waals surface area contributed by atoms with E-state index in [4.69, 9.17) is 9.72 Å². The van der Waals surface area contributed by atoms with E-state index in [1.165, 1.54) is 16.4 Å². The summed E-state index contributed by atoms with van der Waals surface area (Å²) in [5.41, 5.74) is 2.68. The lowest BCUT2D eigenvalue weighted by molar-refractivity contribution is 0.0730. The number of ether oxygens (including phenoxy) is 1. The molecule has 2 fully saturated rings. The van der Waals surface area contributed by atoms with Gasteiger partial charge in [0.2, 0.25) is 10.0 Å². The van der Waals surface area contributed by atoms with Crippen molar-refractivity contribution in [1.29, 1.82) is 0 Å². The molecule has 3 heterocycles. The van der Waals surface area contributed by atoms with Crippen molar-refractivity contribution in [2.75, 3.05) is 31.6 Å². The second kappa shape index (κ2) is 8.51. The molecule has 10 heteroatoms. The van der Waals surface area contributed by atoms with Gasteiger partial charge in [-0.05, 0) is 57.0 Å². The van der Waals surface area contributed by atoms with E-state index in [1.807, 2.05) is 24.6 Å². The number of rotatable bonds is 6. The molecule has 9 nitrogen and oxygen atoms in total. The maximum Gasteiger partial charge on any atom is 0.256 e. The number of amides is 1. The third kappa shape index (κ3) is 4.25. The molecule has 1 saturated carbocycles. The zero-order valence-electron chi connectivity index (χ0n) is 18.7. The van der Waals surface area contributed by atoms with Gasteiger partial charge >= 0.3 is 0 Å². The van der Waals surface area contributed by atoms with Gasteiger partial charge in [0.25, 0.3) is 5.91 Å². The molecular formula is C23H27N5O4S. The van der Waals surface area contributed by atoms with Crippen LogP contribution in [0.2, 0.25) is 0 Å². The first-order valence-electron chi connectivity index (χ1n) is 11.2. The molecule has 1 aliphatic heterocycles. The van der Waals surface area contributed by atoms with Crippen LogP contribution in [-0.2, 0) is 14.8 Å². The van der Waals surface area contributed by atoms with Crippen molar-refractivity contribution < 1.29 is 17.9 Å². The Balaban J connectivity index is 1.41. The highest BCUT2D eigenvalue weighted by Gasteiger charge is 2.29. The van der Waals surface area contributed by atoms with Crippen LogP contribution in [0.15, 0.2) is 41.4 Å². The second-order valence-electron chi connectivity index (χ2n) is 8.78. The first-order chi connectivity index (χ1) is 15.8. The summed E-state index contributed by atoms with van der Waals surface area (Å²) in [6.45, 7) is 5.53. The number of morpholine rings is 1. The predicted octanol–water partition coefficient (Wildman–Crippen LogP) is 3.16. The standard InChI is InChI=1S/C23H27N5O4S/c1-15(2)28-22-20(14-24-28)19(13-21(26-22)16-3-4-16)23(29)25-17-5-7-18(8-6-17)33(30,31)27-9-11-32-12-10-27/h5-8,13-16H,3-4,9-12H2,1-2H3,(H,25,29). The summed E-state index contributed by atoms with van der Waals surface area (Å²) in [5.74, 6) is 0.123. The number of nitrogens with zero attached hydrogens (tertiary/aromatic N) is 4. The summed E-state index contributed by atoms with van der Waals surface area (Å²) < 4.78 is 34.1. The van der Waals surface area contributed by atoms with E-state index in [0.29, 0.717) is 54.5 Å². The summed E-state index contributed by atoms with van der Waals surface area (Å²) in [7, 11) is -3.58. The smallest absolute Gasteiger partial charge is 0.256 e. The van der Waals surface area contributed by atoms with Crippen LogP contribution in [0.4, 0.5) is 5.69 Å². The molecule has 0 spiro atoms. The van der Waals surface area contributed by atoms with E-state index in [0.717, 1.165) is 18.5 Å². The normalized spacial score (nSPS) is 17.5. The summed E-state index contributed by atoms with van der Waals surface area (Å²) in [5, 5.41) is 8.05. The fourth-order valence-electron chi connectivity index (χ4n) is 4.04. The lowest BCUT2D eigenvalue weighted by Crippen LogP contribution is -2.40. The van der Waals surface area contributed by atoms with Gasteiger partial charge in [0.05, 0.1) is 35.3 Å². The monoisotopic (exact) mass is 469 g/mol. The average Bonchev–Trinajstić information content (AvgIpc) is 3.58. The Morgan fingerprint density at radius 3 is 2.48 bits per heavy atom. The van der Waals surface area contributed by atoms with Crippen LogP contribution >= 0.6 is 0 Å². The van der Waals surface area contributed by atoms with Crippen molar-refractivity contribution in [1.82, 2.24) is 19.1 Å². The third-order valence-corrected chi connectivity index (χ3v) is 7.95. The first kappa shape index (κ1) is 22.0. The largest absolute Gasteiger partial charge is 0.379 e. The quantitative estimate of drug-likeness (QED) is 0.594. The summed E-state index contributed by atoms with van der Waals surface area (Å²) in [4.78, 5) is 18.2. The second-order valence-corrected chi connectivity index (χ2v) is 10.7. The molecule has 33 heavy (non-hydrogen) atoms. The molecule has 1 N–H and O–H groups in total. The van der Waals surface area contributed by atoms with Gasteiger partial charge in [-0.25, -0.2) is 18.1 Å². The molecule has 2 aliphatic rings. The molecule has 5 rings (SSSR count). The van der Waals surface area contributed by atoms with Gasteiger partial charge in [0, 0.05) is 36.4 Å². The van der Waals surface area contributed by atoms with Crippen LogP contribution in [0.25, 0.3) is 11.0 Å². The molecule has 3 aromatic rings. The van der Waals surface area contributed by atoms with Crippen LogP contribution in [0.3, 0.4) is 0 Å². The minimum Gasteiger partial charge on any atom is -0.379 e. The summed E-state index contributed by atoms with van der Waals surface area (Å²) in [6.07, 6.45) is 3.84. The Morgan fingerprint density at radius 2 is 1.85 bits per heavy atom. The first-order valence-corrected chi connectivity index (χ1v) is 12.7. The fraction of sp³-hybridized carbons (Fsp3) is 0.435. The van der Waals surface area contributed by atoms with Gasteiger partial charge in [-0.1, -0.05) is 0 Å². The lowest BCUT2D eigenvalue weighted by Gasteiger charge is -2.26. The molecule has 1 aromatic carbocycles. The highest BCUT2D eigenvalue weighted by atomic mass is 32.2. The van der Waals surface area contributed by atoms with E-state index < -0.39 is 10.0 Å². The van der Waals surface area contributed by atoms with Crippen molar-refractivity contribution >= 4 is 32.7 Å². The highest BCUT2D eigenvalue weighted by molar-refractivity contribution is 7.89. The number of carbonyl (C=O) groups excluding carboxylic acids is 1. The molecule has 1 saturated heterocycles. The van der Waals surface area contributed by atoms with Crippen molar-refractivity contribution in [2.24, 2.45) is 0 Å². The lowest BCUT2D eigenvalue weighted by atomic mass is 10.1. The molecule has 0 unspecified atom stereocenters. The van der Waals surface area contributed by atoms with Crippen molar-refractivity contribution in [3.63, 3.8) is 0 Å². The molecule has 0 bridgehead atoms. The molecule has 1 aliphatic carbocycles. The number of aromatic nitrogens is 3. The number of benzene rings is 1. The number of hydrogen-bond donors (Lipinski definition) is 1. The zero-order chi connectivity index (χ0) is 23.2. The van der Waals surface area contributed by atoms with Crippen molar-refractivity contribution in [2.45, 2.75) is 43.5 Å². The van der Waals surface area contributed by atoms with Gasteiger partial charge in [0.15, 0.2) is 5.65 Å². The van der Waals surface area contributed by atoms with E-state index in [2.05, 4.69) is 10.4 Å². The number of anilines is 1. The Labute approximate surface area is 192 Å². The Hall–Kier alpha value is -2.82. The molecular weight excluding hydrogens is 442 g/mol. The number of hydrogen-bond acceptors (Lipinski definition) is 6. The van der Waals surface area contributed by atoms with Gasteiger partial charge in [0.1, 0.15) is 0 Å². The van der Waals surface area contributed by atoms with Crippen molar-refractivity contribution in [3.05, 3.63) is 47.8 Å². The Kier molecular flexibility index (Phi) is 5.67.